The zero-order valence-electron chi connectivity index (χ0n) is 10.9. The Bertz CT molecular complexity index is 742. The van der Waals surface area contributed by atoms with E-state index in [-0.39, 0.29) is 0 Å². The van der Waals surface area contributed by atoms with Gasteiger partial charge in [0, 0.05) is 5.75 Å². The Hall–Kier alpha value is -1.20. The van der Waals surface area contributed by atoms with E-state index < -0.39 is 6.10 Å². The molecule has 1 heterocycles. The highest BCUT2D eigenvalue weighted by Crippen LogP contribution is 2.29. The van der Waals surface area contributed by atoms with Gasteiger partial charge in [0.2, 0.25) is 0 Å². The first-order valence-electron chi connectivity index (χ1n) is 6.34. The topological polar surface area (TPSA) is 48.9 Å². The molecule has 0 spiro atoms. The van der Waals surface area contributed by atoms with Crippen LogP contribution in [0, 0.1) is 0 Å². The molecule has 6 heteroatoms. The third-order valence-electron chi connectivity index (χ3n) is 3.07. The minimum absolute atomic E-state index is 0.446. The molecule has 3 rings (SSSR count). The molecule has 0 unspecified atom stereocenters. The van der Waals surface area contributed by atoms with Gasteiger partial charge in [-0.25, -0.2) is 4.98 Å². The number of benzene rings is 2. The first kappa shape index (κ1) is 14.7. The third-order valence-corrected chi connectivity index (χ3v) is 4.76. The van der Waals surface area contributed by atoms with E-state index in [1.165, 1.54) is 11.8 Å². The predicted octanol–water partition coefficient (Wildman–Crippen LogP) is 4.70. The van der Waals surface area contributed by atoms with Crippen LogP contribution in [-0.2, 0) is 0 Å². The fraction of sp³-hybridized carbons (Fsp3) is 0.133. The number of thioether (sulfide) groups is 1. The maximum atomic E-state index is 10.2. The van der Waals surface area contributed by atoms with E-state index in [1.54, 1.807) is 18.2 Å². The van der Waals surface area contributed by atoms with Crippen molar-refractivity contribution in [1.82, 2.24) is 9.97 Å². The summed E-state index contributed by atoms with van der Waals surface area (Å²) in [4.78, 5) is 7.68. The number of aliphatic hydroxyl groups is 1. The number of hydrogen-bond donors (Lipinski definition) is 2. The Kier molecular flexibility index (Phi) is 4.40. The molecule has 1 aromatic heterocycles. The summed E-state index contributed by atoms with van der Waals surface area (Å²) >= 11 is 13.3. The number of para-hydroxylation sites is 2. The predicted molar refractivity (Wildman–Crippen MR) is 88.2 cm³/mol. The summed E-state index contributed by atoms with van der Waals surface area (Å²) in [6, 6.07) is 13.0. The molecule has 0 saturated heterocycles. The Morgan fingerprint density at radius 2 is 1.95 bits per heavy atom. The Morgan fingerprint density at radius 1 is 1.14 bits per heavy atom. The van der Waals surface area contributed by atoms with Crippen molar-refractivity contribution in [3.63, 3.8) is 0 Å². The molecule has 0 aliphatic carbocycles. The standard InChI is InChI=1S/C15H12Cl2N2OS/c16-10-6-5-9(7-11(10)17)14(20)8-21-15-18-12-3-1-2-4-13(12)19-15/h1-7,14,20H,8H2,(H,18,19)/t14-/m0/s1. The molecule has 3 aromatic rings. The van der Waals surface area contributed by atoms with Gasteiger partial charge in [0.25, 0.3) is 0 Å². The van der Waals surface area contributed by atoms with Gasteiger partial charge in [-0.05, 0) is 29.8 Å². The second kappa shape index (κ2) is 6.28. The van der Waals surface area contributed by atoms with Crippen LogP contribution < -0.4 is 0 Å². The second-order valence-corrected chi connectivity index (χ2v) is 6.38. The van der Waals surface area contributed by atoms with Crippen molar-refractivity contribution in [2.24, 2.45) is 0 Å². The van der Waals surface area contributed by atoms with Crippen molar-refractivity contribution in [1.29, 1.82) is 0 Å². The molecule has 0 amide bonds. The number of rotatable bonds is 4. The Labute approximate surface area is 136 Å². The van der Waals surface area contributed by atoms with E-state index >= 15 is 0 Å². The van der Waals surface area contributed by atoms with E-state index in [9.17, 15) is 5.11 Å². The number of aromatic amines is 1. The third kappa shape index (κ3) is 3.35. The number of aromatic nitrogens is 2. The molecule has 3 nitrogen and oxygen atoms in total. The van der Waals surface area contributed by atoms with Gasteiger partial charge in [-0.15, -0.1) is 0 Å². The number of imidazole rings is 1. The van der Waals surface area contributed by atoms with Crippen LogP contribution in [0.4, 0.5) is 0 Å². The summed E-state index contributed by atoms with van der Waals surface area (Å²) in [5.41, 5.74) is 2.65. The molecule has 21 heavy (non-hydrogen) atoms. The van der Waals surface area contributed by atoms with Crippen LogP contribution in [0.25, 0.3) is 11.0 Å². The zero-order valence-corrected chi connectivity index (χ0v) is 13.2. The van der Waals surface area contributed by atoms with Gasteiger partial charge in [0.05, 0.1) is 27.2 Å². The maximum Gasteiger partial charge on any atom is 0.166 e. The van der Waals surface area contributed by atoms with Gasteiger partial charge in [-0.1, -0.05) is 53.2 Å². The number of H-pyrrole nitrogens is 1. The van der Waals surface area contributed by atoms with Gasteiger partial charge in [-0.2, -0.15) is 0 Å². The number of aliphatic hydroxyl groups excluding tert-OH is 1. The minimum Gasteiger partial charge on any atom is -0.388 e. The molecular weight excluding hydrogens is 327 g/mol. The molecule has 0 aliphatic heterocycles. The van der Waals surface area contributed by atoms with Gasteiger partial charge in [-0.3, -0.25) is 0 Å². The summed E-state index contributed by atoms with van der Waals surface area (Å²) in [6.07, 6.45) is -0.627. The molecule has 1 atom stereocenters. The molecule has 0 bridgehead atoms. The minimum atomic E-state index is -0.627. The molecule has 0 aliphatic rings. The largest absolute Gasteiger partial charge is 0.388 e. The van der Waals surface area contributed by atoms with Crippen LogP contribution in [0.15, 0.2) is 47.6 Å². The van der Waals surface area contributed by atoms with E-state index in [0.717, 1.165) is 21.8 Å². The summed E-state index contributed by atoms with van der Waals surface area (Å²) < 4.78 is 0. The van der Waals surface area contributed by atoms with Crippen molar-refractivity contribution in [2.45, 2.75) is 11.3 Å². The van der Waals surface area contributed by atoms with Crippen LogP contribution in [0.3, 0.4) is 0 Å². The number of nitrogens with zero attached hydrogens (tertiary/aromatic N) is 1. The first-order valence-corrected chi connectivity index (χ1v) is 8.08. The highest BCUT2D eigenvalue weighted by atomic mass is 35.5. The fourth-order valence-corrected chi connectivity index (χ4v) is 3.13. The molecule has 108 valence electrons. The van der Waals surface area contributed by atoms with Gasteiger partial charge in [0.1, 0.15) is 0 Å². The van der Waals surface area contributed by atoms with Crippen LogP contribution in [-0.4, -0.2) is 20.8 Å². The van der Waals surface area contributed by atoms with Gasteiger partial charge in [0.15, 0.2) is 5.16 Å². The van der Waals surface area contributed by atoms with Crippen LogP contribution >= 0.6 is 35.0 Å². The van der Waals surface area contributed by atoms with Crippen LogP contribution in [0.1, 0.15) is 11.7 Å². The average Bonchev–Trinajstić information content (AvgIpc) is 2.90. The SMILES string of the molecule is O[C@@H](CSc1nc2ccccc2[nH]1)c1ccc(Cl)c(Cl)c1. The Morgan fingerprint density at radius 3 is 2.71 bits per heavy atom. The van der Waals surface area contributed by atoms with Crippen LogP contribution in [0.2, 0.25) is 10.0 Å². The highest BCUT2D eigenvalue weighted by Gasteiger charge is 2.11. The summed E-state index contributed by atoms with van der Waals surface area (Å²) in [5.74, 6) is 0.484. The average molecular weight is 339 g/mol. The van der Waals surface area contributed by atoms with E-state index in [0.29, 0.717) is 15.8 Å². The number of fused-ring (bicyclic) bond motifs is 1. The summed E-state index contributed by atoms with van der Waals surface area (Å²) in [5, 5.41) is 11.9. The summed E-state index contributed by atoms with van der Waals surface area (Å²) in [7, 11) is 0. The first-order chi connectivity index (χ1) is 10.1. The highest BCUT2D eigenvalue weighted by molar-refractivity contribution is 7.99. The monoisotopic (exact) mass is 338 g/mol. The molecule has 0 radical (unpaired) electrons. The van der Waals surface area contributed by atoms with Gasteiger partial charge < -0.3 is 10.1 Å². The number of hydrogen-bond acceptors (Lipinski definition) is 3. The number of nitrogens with one attached hydrogen (secondary N) is 1. The van der Waals surface area contributed by atoms with Crippen LogP contribution in [0.5, 0.6) is 0 Å². The molecular formula is C15H12Cl2N2OS. The number of halogens is 2. The van der Waals surface area contributed by atoms with Crippen molar-refractivity contribution < 1.29 is 5.11 Å². The molecule has 2 N–H and O–H groups in total. The molecule has 2 aromatic carbocycles. The van der Waals surface area contributed by atoms with Crippen molar-refractivity contribution >= 4 is 46.0 Å². The lowest BCUT2D eigenvalue weighted by Gasteiger charge is -2.10. The molecule has 0 saturated carbocycles. The second-order valence-electron chi connectivity index (χ2n) is 4.56. The van der Waals surface area contributed by atoms with Crippen molar-refractivity contribution in [2.75, 3.05) is 5.75 Å². The quantitative estimate of drug-likeness (QED) is 0.678. The van der Waals surface area contributed by atoms with Crippen molar-refractivity contribution in [3.8, 4) is 0 Å². The normalized spacial score (nSPS) is 12.7. The van der Waals surface area contributed by atoms with E-state index in [4.69, 9.17) is 23.2 Å². The lowest BCUT2D eigenvalue weighted by Crippen LogP contribution is -2.00. The maximum absolute atomic E-state index is 10.2. The van der Waals surface area contributed by atoms with E-state index in [1.807, 2.05) is 24.3 Å². The fourth-order valence-electron chi connectivity index (χ4n) is 1.97. The summed E-state index contributed by atoms with van der Waals surface area (Å²) in [6.45, 7) is 0. The lowest BCUT2D eigenvalue weighted by atomic mass is 10.1. The van der Waals surface area contributed by atoms with E-state index in [2.05, 4.69) is 9.97 Å². The Balaban J connectivity index is 1.70. The molecule has 0 fully saturated rings. The van der Waals surface area contributed by atoms with Gasteiger partial charge >= 0.3 is 0 Å². The zero-order chi connectivity index (χ0) is 14.8. The smallest absolute Gasteiger partial charge is 0.166 e. The van der Waals surface area contributed by atoms with Crippen molar-refractivity contribution in [3.05, 3.63) is 58.1 Å². The lowest BCUT2D eigenvalue weighted by molar-refractivity contribution is 0.204.